The van der Waals surface area contributed by atoms with Gasteiger partial charge in [0.25, 0.3) is 0 Å². The van der Waals surface area contributed by atoms with Crippen LogP contribution in [0.4, 0.5) is 0 Å². The Balaban J connectivity index is 0.933. The molecule has 2 saturated heterocycles. The Bertz CT molecular complexity index is 1640. The minimum atomic E-state index is -0.781. The van der Waals surface area contributed by atoms with Gasteiger partial charge in [0.2, 0.25) is 23.4 Å². The number of carbonyl (C=O) groups is 5. The molecular weight excluding hydrogens is 841 g/mol. The van der Waals surface area contributed by atoms with Crippen molar-refractivity contribution in [2.75, 3.05) is 32.8 Å². The number of unbranched alkanes of at least 4 members (excludes halogenated alkanes) is 12. The molecule has 5 aliphatic rings. The van der Waals surface area contributed by atoms with E-state index in [0.717, 1.165) is 109 Å². The standard InChI is InChI=1S/C51H86N6O9/c1-6-43-25-19-20-30-50(66-43)36-42-27-28-45-47(51(31-22-24-38(2)65-51)55-49(54-50)57(42)45)48(62)63-35-21-17-15-13-11-9-7-8-10-12-14-16-18-26-46(61)56(34-23-32-52-39(3)58)37-44(64-41(5)60)29-33-53-40(4)59/h19,25,38,42-45,47H,6-18,20-24,26-37H2,1-5H3,(H3,52,53,54,55,58,59)/p+1/t38-,42+,43+,44+,45+,47+,50+,51+/m1/s1. The van der Waals surface area contributed by atoms with Crippen molar-refractivity contribution in [3.63, 3.8) is 0 Å². The van der Waals surface area contributed by atoms with Crippen LogP contribution in [0.2, 0.25) is 0 Å². The fourth-order valence-electron chi connectivity index (χ4n) is 11.1. The van der Waals surface area contributed by atoms with Crippen LogP contribution in [0.1, 0.15) is 195 Å². The minimum absolute atomic E-state index is 0.0198. The molecule has 0 aliphatic carbocycles. The van der Waals surface area contributed by atoms with Gasteiger partial charge in [-0.3, -0.25) is 28.5 Å². The van der Waals surface area contributed by atoms with Gasteiger partial charge in [-0.1, -0.05) is 89.7 Å². The fourth-order valence-corrected chi connectivity index (χ4v) is 11.1. The van der Waals surface area contributed by atoms with E-state index in [4.69, 9.17) is 18.9 Å². The van der Waals surface area contributed by atoms with E-state index >= 15 is 0 Å². The molecule has 374 valence electrons. The Labute approximate surface area is 396 Å². The Morgan fingerprint density at radius 1 is 0.833 bits per heavy atom. The predicted octanol–water partition coefficient (Wildman–Crippen LogP) is 7.04. The summed E-state index contributed by atoms with van der Waals surface area (Å²) in [6.45, 7) is 10.5. The monoisotopic (exact) mass is 928 g/mol. The number of rotatable bonds is 28. The van der Waals surface area contributed by atoms with Crippen LogP contribution in [0.3, 0.4) is 0 Å². The number of esters is 2. The molecule has 0 radical (unpaired) electrons. The normalized spacial score (nSPS) is 27.0. The smallest absolute Gasteiger partial charge is 0.350 e. The summed E-state index contributed by atoms with van der Waals surface area (Å²) in [5, 5.41) is 13.2. The topological polar surface area (TPSA) is 177 Å². The van der Waals surface area contributed by atoms with E-state index in [-0.39, 0.29) is 54.4 Å². The van der Waals surface area contributed by atoms with Crippen LogP contribution < -0.4 is 21.3 Å². The number of hydrogen-bond donors (Lipinski definition) is 4. The van der Waals surface area contributed by atoms with Gasteiger partial charge in [-0.05, 0) is 64.7 Å². The second-order valence-corrected chi connectivity index (χ2v) is 19.9. The molecule has 5 heterocycles. The molecule has 2 spiro atoms. The second kappa shape index (κ2) is 27.3. The van der Waals surface area contributed by atoms with E-state index in [1.165, 1.54) is 59.3 Å². The molecular formula is C51H87N6O9+. The summed E-state index contributed by atoms with van der Waals surface area (Å²) in [6.07, 6.45) is 28.6. The van der Waals surface area contributed by atoms with Crippen molar-refractivity contribution in [2.24, 2.45) is 5.92 Å². The summed E-state index contributed by atoms with van der Waals surface area (Å²) in [6, 6.07) is 0.356. The van der Waals surface area contributed by atoms with Gasteiger partial charge in [-0.15, -0.1) is 0 Å². The van der Waals surface area contributed by atoms with Gasteiger partial charge in [-0.25, -0.2) is 10.6 Å². The zero-order chi connectivity index (χ0) is 47.4. The van der Waals surface area contributed by atoms with Crippen molar-refractivity contribution in [3.05, 3.63) is 12.2 Å². The van der Waals surface area contributed by atoms with Crippen molar-refractivity contribution in [1.29, 1.82) is 0 Å². The molecule has 2 fully saturated rings. The maximum absolute atomic E-state index is 14.1. The van der Waals surface area contributed by atoms with E-state index in [1.807, 2.05) is 0 Å². The highest BCUT2D eigenvalue weighted by atomic mass is 16.6. The van der Waals surface area contributed by atoms with Crippen LogP contribution in [0.25, 0.3) is 0 Å². The lowest BCUT2D eigenvalue weighted by Gasteiger charge is -2.50. The summed E-state index contributed by atoms with van der Waals surface area (Å²) in [5.41, 5.74) is -1.20. The molecule has 3 amide bonds. The van der Waals surface area contributed by atoms with E-state index in [2.05, 4.69) is 51.8 Å². The SMILES string of the molecule is CC[C@H]1C=CCC[C@@]2(C[C@@H]3CC[C@H]4[C@@H](C(=O)OCCCCCCCCCCCCCCCC(=O)N(CCCNC(C)=O)C[C@H](CCNC(C)=O)OC(C)=O)[C@@]5(CCC[C@@H](C)O5)NC(=[N+]34)N2)O1. The van der Waals surface area contributed by atoms with Crippen molar-refractivity contribution in [2.45, 2.75) is 237 Å². The molecule has 0 aromatic rings. The van der Waals surface area contributed by atoms with Gasteiger partial charge >= 0.3 is 17.9 Å². The van der Waals surface area contributed by atoms with Crippen LogP contribution in [0.15, 0.2) is 12.2 Å². The predicted molar refractivity (Wildman–Crippen MR) is 254 cm³/mol. The molecule has 8 atom stereocenters. The molecule has 0 aromatic carbocycles. The fraction of sp³-hybridized carbons (Fsp3) is 0.843. The first-order chi connectivity index (χ1) is 31.8. The van der Waals surface area contributed by atoms with Crippen LogP contribution in [0.5, 0.6) is 0 Å². The first-order valence-corrected chi connectivity index (χ1v) is 26.2. The molecule has 0 bridgehead atoms. The zero-order valence-electron chi connectivity index (χ0n) is 41.4. The summed E-state index contributed by atoms with van der Waals surface area (Å²) >= 11 is 0. The number of ether oxygens (including phenoxy) is 4. The molecule has 0 saturated carbocycles. The van der Waals surface area contributed by atoms with Gasteiger partial charge < -0.3 is 34.5 Å². The number of carbonyl (C=O) groups excluding carboxylic acids is 5. The lowest BCUT2D eigenvalue weighted by molar-refractivity contribution is -0.609. The quantitative estimate of drug-likeness (QED) is 0.0274. The third kappa shape index (κ3) is 16.5. The van der Waals surface area contributed by atoms with Crippen LogP contribution >= 0.6 is 0 Å². The number of nitrogens with zero attached hydrogens (tertiary/aromatic N) is 2. The third-order valence-electron chi connectivity index (χ3n) is 14.3. The van der Waals surface area contributed by atoms with E-state index in [9.17, 15) is 24.0 Å². The van der Waals surface area contributed by atoms with Crippen molar-refractivity contribution in [1.82, 2.24) is 26.2 Å². The maximum atomic E-state index is 14.1. The first-order valence-electron chi connectivity index (χ1n) is 26.2. The number of allylic oxidation sites excluding steroid dienone is 1. The molecule has 66 heavy (non-hydrogen) atoms. The highest BCUT2D eigenvalue weighted by Crippen LogP contribution is 2.46. The minimum Gasteiger partial charge on any atom is -0.465 e. The summed E-state index contributed by atoms with van der Waals surface area (Å²) in [5.74, 6) is -0.194. The molecule has 15 heteroatoms. The number of hydrogen-bond acceptors (Lipinski definition) is 11. The maximum Gasteiger partial charge on any atom is 0.350 e. The number of guanidine groups is 1. The van der Waals surface area contributed by atoms with Crippen molar-refractivity contribution < 1.29 is 47.5 Å². The lowest BCUT2D eigenvalue weighted by Crippen LogP contribution is -2.76. The molecule has 0 unspecified atom stereocenters. The third-order valence-corrected chi connectivity index (χ3v) is 14.3. The average molecular weight is 928 g/mol. The van der Waals surface area contributed by atoms with E-state index < -0.39 is 23.5 Å². The summed E-state index contributed by atoms with van der Waals surface area (Å²) in [7, 11) is 0. The molecule has 5 rings (SSSR count). The molecule has 0 aromatic heterocycles. The number of amides is 3. The Morgan fingerprint density at radius 2 is 1.50 bits per heavy atom. The summed E-state index contributed by atoms with van der Waals surface area (Å²) < 4.78 is 27.6. The second-order valence-electron chi connectivity index (χ2n) is 19.9. The Hall–Kier alpha value is -3.72. The average Bonchev–Trinajstić information content (AvgIpc) is 3.57. The highest BCUT2D eigenvalue weighted by molar-refractivity contribution is 5.82. The Morgan fingerprint density at radius 3 is 2.15 bits per heavy atom. The van der Waals surface area contributed by atoms with Crippen molar-refractivity contribution in [3.8, 4) is 0 Å². The lowest BCUT2D eigenvalue weighted by atomic mass is 9.80. The highest BCUT2D eigenvalue weighted by Gasteiger charge is 2.64. The van der Waals surface area contributed by atoms with Gasteiger partial charge in [0.15, 0.2) is 11.6 Å². The van der Waals surface area contributed by atoms with Gasteiger partial charge in [0.1, 0.15) is 6.10 Å². The van der Waals surface area contributed by atoms with Crippen LogP contribution in [0, 0.1) is 5.92 Å². The summed E-state index contributed by atoms with van der Waals surface area (Å²) in [4.78, 5) is 63.6. The number of nitrogens with one attached hydrogen (secondary N) is 4. The van der Waals surface area contributed by atoms with Crippen molar-refractivity contribution >= 4 is 35.6 Å². The van der Waals surface area contributed by atoms with Gasteiger partial charge in [0.05, 0.1) is 37.4 Å². The van der Waals surface area contributed by atoms with Crippen LogP contribution in [-0.2, 0) is 42.9 Å². The molecule has 4 N–H and O–H groups in total. The van der Waals surface area contributed by atoms with Gasteiger partial charge in [-0.2, -0.15) is 0 Å². The zero-order valence-corrected chi connectivity index (χ0v) is 41.4. The van der Waals surface area contributed by atoms with E-state index in [0.29, 0.717) is 51.5 Å². The van der Waals surface area contributed by atoms with E-state index in [1.54, 1.807) is 4.90 Å². The van der Waals surface area contributed by atoms with Gasteiger partial charge in [0, 0.05) is 72.5 Å². The molecule has 15 nitrogen and oxygen atoms in total. The van der Waals surface area contributed by atoms with Crippen LogP contribution in [-0.4, -0.2) is 120 Å². The Kier molecular flexibility index (Phi) is 22.0. The molecule has 5 aliphatic heterocycles. The first kappa shape index (κ1) is 53.2. The largest absolute Gasteiger partial charge is 0.465 e.